The summed E-state index contributed by atoms with van der Waals surface area (Å²) < 4.78 is 0. The SMILES string of the molecule is Cc1ccc(CNc2cnnc(N3CCC(Cc4ccccc4)CC3)n2)cc1. The molecule has 0 saturated carbocycles. The van der Waals surface area contributed by atoms with E-state index in [2.05, 4.69) is 86.9 Å². The second-order valence-corrected chi connectivity index (χ2v) is 7.60. The van der Waals surface area contributed by atoms with Crippen molar-refractivity contribution in [1.82, 2.24) is 15.2 Å². The van der Waals surface area contributed by atoms with Crippen LogP contribution < -0.4 is 10.2 Å². The third kappa shape index (κ3) is 4.85. The van der Waals surface area contributed by atoms with E-state index in [4.69, 9.17) is 0 Å². The molecule has 4 rings (SSSR count). The first-order chi connectivity index (χ1) is 13.8. The summed E-state index contributed by atoms with van der Waals surface area (Å²) in [7, 11) is 0. The molecule has 0 amide bonds. The fourth-order valence-corrected chi connectivity index (χ4v) is 3.70. The summed E-state index contributed by atoms with van der Waals surface area (Å²) in [4.78, 5) is 6.93. The highest BCUT2D eigenvalue weighted by Gasteiger charge is 2.21. The van der Waals surface area contributed by atoms with Gasteiger partial charge in [0, 0.05) is 19.6 Å². The van der Waals surface area contributed by atoms with Crippen molar-refractivity contribution >= 4 is 11.8 Å². The number of benzene rings is 2. The third-order valence-corrected chi connectivity index (χ3v) is 5.41. The van der Waals surface area contributed by atoms with E-state index < -0.39 is 0 Å². The van der Waals surface area contributed by atoms with E-state index in [9.17, 15) is 0 Å². The van der Waals surface area contributed by atoms with Crippen molar-refractivity contribution in [3.05, 3.63) is 77.5 Å². The summed E-state index contributed by atoms with van der Waals surface area (Å²) in [6.07, 6.45) is 5.18. The van der Waals surface area contributed by atoms with E-state index >= 15 is 0 Å². The molecule has 28 heavy (non-hydrogen) atoms. The number of piperidine rings is 1. The number of aromatic nitrogens is 3. The lowest BCUT2D eigenvalue weighted by Crippen LogP contribution is -2.35. The lowest BCUT2D eigenvalue weighted by atomic mass is 9.90. The Bertz CT molecular complexity index is 871. The molecule has 2 aromatic carbocycles. The lowest BCUT2D eigenvalue weighted by Gasteiger charge is -2.31. The van der Waals surface area contributed by atoms with Crippen LogP contribution in [0.4, 0.5) is 11.8 Å². The van der Waals surface area contributed by atoms with Crippen LogP contribution in [0.3, 0.4) is 0 Å². The molecule has 1 N–H and O–H groups in total. The first kappa shape index (κ1) is 18.4. The van der Waals surface area contributed by atoms with Gasteiger partial charge in [-0.25, -0.2) is 0 Å². The van der Waals surface area contributed by atoms with Crippen LogP contribution in [-0.4, -0.2) is 28.3 Å². The number of hydrogen-bond acceptors (Lipinski definition) is 5. The maximum absolute atomic E-state index is 4.68. The lowest BCUT2D eigenvalue weighted by molar-refractivity contribution is 0.400. The zero-order valence-electron chi connectivity index (χ0n) is 16.4. The Morgan fingerprint density at radius 1 is 0.964 bits per heavy atom. The van der Waals surface area contributed by atoms with Crippen molar-refractivity contribution in [1.29, 1.82) is 0 Å². The maximum Gasteiger partial charge on any atom is 0.247 e. The van der Waals surface area contributed by atoms with Gasteiger partial charge in [-0.1, -0.05) is 60.2 Å². The highest BCUT2D eigenvalue weighted by Crippen LogP contribution is 2.24. The molecule has 0 atom stereocenters. The van der Waals surface area contributed by atoms with Gasteiger partial charge >= 0.3 is 0 Å². The third-order valence-electron chi connectivity index (χ3n) is 5.41. The van der Waals surface area contributed by atoms with Gasteiger partial charge in [0.15, 0.2) is 5.82 Å². The van der Waals surface area contributed by atoms with Crippen molar-refractivity contribution in [2.45, 2.75) is 32.7 Å². The molecule has 1 fully saturated rings. The normalized spacial score (nSPS) is 14.8. The van der Waals surface area contributed by atoms with Crippen LogP contribution in [0, 0.1) is 12.8 Å². The Kier molecular flexibility index (Phi) is 5.80. The van der Waals surface area contributed by atoms with Crippen molar-refractivity contribution in [3.63, 3.8) is 0 Å². The van der Waals surface area contributed by atoms with Gasteiger partial charge in [0.25, 0.3) is 0 Å². The maximum atomic E-state index is 4.68. The number of nitrogens with zero attached hydrogens (tertiary/aromatic N) is 4. The van der Waals surface area contributed by atoms with Gasteiger partial charge in [-0.2, -0.15) is 10.1 Å². The molecular formula is C23H27N5. The standard InChI is InChI=1S/C23H27N5/c1-18-7-9-21(10-8-18)16-24-22-17-25-27-23(26-22)28-13-11-20(12-14-28)15-19-5-3-2-4-6-19/h2-10,17,20H,11-16H2,1H3,(H,24,26,27). The summed E-state index contributed by atoms with van der Waals surface area (Å²) in [6.45, 7) is 4.81. The quantitative estimate of drug-likeness (QED) is 0.700. The summed E-state index contributed by atoms with van der Waals surface area (Å²) in [5.74, 6) is 2.23. The summed E-state index contributed by atoms with van der Waals surface area (Å²) in [5.41, 5.74) is 3.93. The smallest absolute Gasteiger partial charge is 0.247 e. The van der Waals surface area contributed by atoms with Gasteiger partial charge in [-0.3, -0.25) is 0 Å². The van der Waals surface area contributed by atoms with E-state index in [1.165, 1.54) is 29.5 Å². The molecule has 144 valence electrons. The molecule has 5 nitrogen and oxygen atoms in total. The minimum Gasteiger partial charge on any atom is -0.365 e. The highest BCUT2D eigenvalue weighted by molar-refractivity contribution is 5.40. The Labute approximate surface area is 166 Å². The molecular weight excluding hydrogens is 346 g/mol. The predicted octanol–water partition coefficient (Wildman–Crippen LogP) is 4.25. The van der Waals surface area contributed by atoms with Crippen LogP contribution in [0.5, 0.6) is 0 Å². The summed E-state index contributed by atoms with van der Waals surface area (Å²) in [6, 6.07) is 19.3. The van der Waals surface area contributed by atoms with E-state index in [1.807, 2.05) is 0 Å². The van der Waals surface area contributed by atoms with Crippen LogP contribution >= 0.6 is 0 Å². The second-order valence-electron chi connectivity index (χ2n) is 7.60. The van der Waals surface area contributed by atoms with Gasteiger partial charge < -0.3 is 10.2 Å². The number of hydrogen-bond donors (Lipinski definition) is 1. The first-order valence-electron chi connectivity index (χ1n) is 10.0. The van der Waals surface area contributed by atoms with Gasteiger partial charge in [-0.05, 0) is 43.2 Å². The number of anilines is 2. The Balaban J connectivity index is 1.31. The van der Waals surface area contributed by atoms with E-state index in [1.54, 1.807) is 6.20 Å². The van der Waals surface area contributed by atoms with Crippen LogP contribution in [0.2, 0.25) is 0 Å². The molecule has 3 aromatic rings. The van der Waals surface area contributed by atoms with Crippen molar-refractivity contribution in [2.75, 3.05) is 23.3 Å². The molecule has 0 spiro atoms. The molecule has 0 bridgehead atoms. The highest BCUT2D eigenvalue weighted by atomic mass is 15.3. The van der Waals surface area contributed by atoms with Crippen LogP contribution in [0.1, 0.15) is 29.5 Å². The molecule has 2 heterocycles. The Hall–Kier alpha value is -2.95. The summed E-state index contributed by atoms with van der Waals surface area (Å²) >= 11 is 0. The fraction of sp³-hybridized carbons (Fsp3) is 0.348. The minimum absolute atomic E-state index is 0.729. The van der Waals surface area contributed by atoms with E-state index in [0.717, 1.165) is 43.7 Å². The monoisotopic (exact) mass is 373 g/mol. The molecule has 1 aromatic heterocycles. The topological polar surface area (TPSA) is 53.9 Å². The van der Waals surface area contributed by atoms with Gasteiger partial charge in [0.2, 0.25) is 5.95 Å². The molecule has 1 saturated heterocycles. The minimum atomic E-state index is 0.729. The molecule has 0 unspecified atom stereocenters. The van der Waals surface area contributed by atoms with E-state index in [0.29, 0.717) is 0 Å². The number of aryl methyl sites for hydroxylation is 1. The van der Waals surface area contributed by atoms with Crippen LogP contribution in [-0.2, 0) is 13.0 Å². The van der Waals surface area contributed by atoms with Crippen LogP contribution in [0.25, 0.3) is 0 Å². The molecule has 0 radical (unpaired) electrons. The Morgan fingerprint density at radius 2 is 1.71 bits per heavy atom. The van der Waals surface area contributed by atoms with Gasteiger partial charge in [0.1, 0.15) is 0 Å². The molecule has 5 heteroatoms. The fourth-order valence-electron chi connectivity index (χ4n) is 3.70. The zero-order chi connectivity index (χ0) is 19.2. The van der Waals surface area contributed by atoms with Crippen molar-refractivity contribution < 1.29 is 0 Å². The van der Waals surface area contributed by atoms with Crippen LogP contribution in [0.15, 0.2) is 60.8 Å². The average molecular weight is 374 g/mol. The number of nitrogens with one attached hydrogen (secondary N) is 1. The zero-order valence-corrected chi connectivity index (χ0v) is 16.4. The van der Waals surface area contributed by atoms with Gasteiger partial charge in [0.05, 0.1) is 6.20 Å². The molecule has 0 aliphatic carbocycles. The second kappa shape index (κ2) is 8.83. The predicted molar refractivity (Wildman–Crippen MR) is 113 cm³/mol. The number of rotatable bonds is 6. The van der Waals surface area contributed by atoms with E-state index in [-0.39, 0.29) is 0 Å². The van der Waals surface area contributed by atoms with Gasteiger partial charge in [-0.15, -0.1) is 5.10 Å². The van der Waals surface area contributed by atoms with Crippen molar-refractivity contribution in [2.24, 2.45) is 5.92 Å². The first-order valence-corrected chi connectivity index (χ1v) is 10.0. The van der Waals surface area contributed by atoms with Crippen molar-refractivity contribution in [3.8, 4) is 0 Å². The Morgan fingerprint density at radius 3 is 2.46 bits per heavy atom. The molecule has 1 aliphatic rings. The summed E-state index contributed by atoms with van der Waals surface area (Å²) in [5, 5.41) is 11.8. The average Bonchev–Trinajstić information content (AvgIpc) is 2.75. The largest absolute Gasteiger partial charge is 0.365 e. The molecule has 1 aliphatic heterocycles.